The first-order chi connectivity index (χ1) is 8.22. The summed E-state index contributed by atoms with van der Waals surface area (Å²) in [6, 6.07) is 7.11. The molecule has 1 aliphatic carbocycles. The molecule has 6 nitrogen and oxygen atoms in total. The molecule has 0 fully saturated rings. The van der Waals surface area contributed by atoms with Gasteiger partial charge in [-0.1, -0.05) is 29.4 Å². The van der Waals surface area contributed by atoms with Crippen LogP contribution < -0.4 is 11.1 Å². The van der Waals surface area contributed by atoms with Crippen molar-refractivity contribution in [3.8, 4) is 11.3 Å². The molecule has 84 valence electrons. The van der Waals surface area contributed by atoms with Crippen molar-refractivity contribution >= 4 is 5.71 Å². The third-order valence-electron chi connectivity index (χ3n) is 2.72. The summed E-state index contributed by atoms with van der Waals surface area (Å²) in [5.41, 5.74) is 0.960. The van der Waals surface area contributed by atoms with Crippen LogP contribution in [0.4, 0.5) is 0 Å². The molecule has 0 amide bonds. The van der Waals surface area contributed by atoms with Crippen molar-refractivity contribution in [1.82, 2.24) is 9.97 Å². The standard InChI is InChI=1S/C11H7N3O3/c15-10-11(16)13-9-7(12-10)5-3-1-2-4-6(5)8(9)14-17/h1-4,17H,(H,12,15)(H,13,16)/b14-8-. The zero-order valence-corrected chi connectivity index (χ0v) is 8.52. The summed E-state index contributed by atoms with van der Waals surface area (Å²) in [6.45, 7) is 0. The van der Waals surface area contributed by atoms with Crippen LogP contribution in [0.25, 0.3) is 11.3 Å². The van der Waals surface area contributed by atoms with E-state index in [1.807, 2.05) is 0 Å². The molecular weight excluding hydrogens is 222 g/mol. The van der Waals surface area contributed by atoms with E-state index >= 15 is 0 Å². The Hall–Kier alpha value is -2.63. The molecule has 3 rings (SSSR count). The summed E-state index contributed by atoms with van der Waals surface area (Å²) in [7, 11) is 0. The van der Waals surface area contributed by atoms with Gasteiger partial charge < -0.3 is 15.2 Å². The Morgan fingerprint density at radius 3 is 2.18 bits per heavy atom. The molecular formula is C11H7N3O3. The second kappa shape index (κ2) is 3.18. The average Bonchev–Trinajstić information content (AvgIpc) is 2.63. The average molecular weight is 229 g/mol. The summed E-state index contributed by atoms with van der Waals surface area (Å²) in [5.74, 6) is 0. The number of benzene rings is 1. The molecule has 1 aliphatic rings. The molecule has 0 atom stereocenters. The maximum absolute atomic E-state index is 11.3. The molecule has 0 radical (unpaired) electrons. The minimum atomic E-state index is -0.766. The molecule has 0 spiro atoms. The Bertz CT molecular complexity index is 755. The van der Waals surface area contributed by atoms with Crippen LogP contribution in [0.3, 0.4) is 0 Å². The predicted octanol–water partition coefficient (Wildman–Crippen LogP) is 0.270. The predicted molar refractivity (Wildman–Crippen MR) is 60.5 cm³/mol. The molecule has 2 aromatic rings. The van der Waals surface area contributed by atoms with Gasteiger partial charge in [-0.15, -0.1) is 0 Å². The fraction of sp³-hybridized carbons (Fsp3) is 0. The molecule has 17 heavy (non-hydrogen) atoms. The summed E-state index contributed by atoms with van der Waals surface area (Å²) >= 11 is 0. The minimum absolute atomic E-state index is 0.254. The SMILES string of the molecule is O=c1[nH]c2c([nH]c1=O)-c1ccccc1/C2=N/O. The Labute approximate surface area is 94.3 Å². The summed E-state index contributed by atoms with van der Waals surface area (Å²) in [6.07, 6.45) is 0. The second-order valence-electron chi connectivity index (χ2n) is 3.65. The van der Waals surface area contributed by atoms with E-state index in [9.17, 15) is 9.59 Å². The summed E-state index contributed by atoms with van der Waals surface area (Å²) < 4.78 is 0. The van der Waals surface area contributed by atoms with Crippen LogP contribution in [0, 0.1) is 0 Å². The number of H-pyrrole nitrogens is 2. The maximum atomic E-state index is 11.3. The molecule has 1 heterocycles. The van der Waals surface area contributed by atoms with Gasteiger partial charge >= 0.3 is 11.1 Å². The van der Waals surface area contributed by atoms with Crippen molar-refractivity contribution in [3.05, 3.63) is 56.2 Å². The first-order valence-electron chi connectivity index (χ1n) is 4.91. The van der Waals surface area contributed by atoms with E-state index in [0.29, 0.717) is 17.0 Å². The van der Waals surface area contributed by atoms with E-state index in [-0.39, 0.29) is 5.71 Å². The fourth-order valence-electron chi connectivity index (χ4n) is 1.99. The third-order valence-corrected chi connectivity index (χ3v) is 2.72. The number of hydrogen-bond acceptors (Lipinski definition) is 4. The lowest BCUT2D eigenvalue weighted by Gasteiger charge is -1.97. The topological polar surface area (TPSA) is 98.3 Å². The number of aromatic amines is 2. The van der Waals surface area contributed by atoms with Gasteiger partial charge in [0.25, 0.3) is 0 Å². The van der Waals surface area contributed by atoms with E-state index in [1.54, 1.807) is 24.3 Å². The molecule has 1 aromatic carbocycles. The summed E-state index contributed by atoms with van der Waals surface area (Å²) in [4.78, 5) is 27.4. The highest BCUT2D eigenvalue weighted by Crippen LogP contribution is 2.32. The van der Waals surface area contributed by atoms with Gasteiger partial charge in [-0.25, -0.2) is 0 Å². The molecule has 0 aliphatic heterocycles. The number of nitrogens with one attached hydrogen (secondary N) is 2. The minimum Gasteiger partial charge on any atom is -0.410 e. The largest absolute Gasteiger partial charge is 0.410 e. The van der Waals surface area contributed by atoms with Gasteiger partial charge in [-0.3, -0.25) is 9.59 Å². The van der Waals surface area contributed by atoms with Gasteiger partial charge in [-0.05, 0) is 0 Å². The lowest BCUT2D eigenvalue weighted by atomic mass is 10.1. The maximum Gasteiger partial charge on any atom is 0.314 e. The van der Waals surface area contributed by atoms with Gasteiger partial charge in [0.15, 0.2) is 0 Å². The van der Waals surface area contributed by atoms with E-state index in [1.165, 1.54) is 0 Å². The van der Waals surface area contributed by atoms with Crippen LogP contribution in [0.5, 0.6) is 0 Å². The van der Waals surface area contributed by atoms with Crippen molar-refractivity contribution in [3.63, 3.8) is 0 Å². The number of nitrogens with zero attached hydrogens (tertiary/aromatic N) is 1. The van der Waals surface area contributed by atoms with Crippen molar-refractivity contribution < 1.29 is 5.21 Å². The highest BCUT2D eigenvalue weighted by Gasteiger charge is 2.27. The summed E-state index contributed by atoms with van der Waals surface area (Å²) in [5, 5.41) is 12.2. The van der Waals surface area contributed by atoms with Crippen molar-refractivity contribution in [1.29, 1.82) is 0 Å². The lowest BCUT2D eigenvalue weighted by Crippen LogP contribution is -2.31. The van der Waals surface area contributed by atoms with Crippen LogP contribution in [0.15, 0.2) is 39.0 Å². The van der Waals surface area contributed by atoms with Gasteiger partial charge in [0.2, 0.25) is 0 Å². The molecule has 0 saturated heterocycles. The van der Waals surface area contributed by atoms with Gasteiger partial charge in [0.05, 0.1) is 11.4 Å². The van der Waals surface area contributed by atoms with E-state index in [2.05, 4.69) is 15.1 Å². The normalized spacial score (nSPS) is 14.7. The van der Waals surface area contributed by atoms with Gasteiger partial charge in [0.1, 0.15) is 5.71 Å². The Morgan fingerprint density at radius 1 is 0.941 bits per heavy atom. The zero-order valence-electron chi connectivity index (χ0n) is 8.52. The van der Waals surface area contributed by atoms with Gasteiger partial charge in [-0.2, -0.15) is 0 Å². The molecule has 0 saturated carbocycles. The van der Waals surface area contributed by atoms with Crippen LogP contribution >= 0.6 is 0 Å². The smallest absolute Gasteiger partial charge is 0.314 e. The van der Waals surface area contributed by atoms with E-state index in [0.717, 1.165) is 5.56 Å². The first-order valence-corrected chi connectivity index (χ1v) is 4.91. The Balaban J connectivity index is 2.48. The monoisotopic (exact) mass is 229 g/mol. The van der Waals surface area contributed by atoms with Crippen molar-refractivity contribution in [2.45, 2.75) is 0 Å². The zero-order chi connectivity index (χ0) is 12.0. The molecule has 6 heteroatoms. The van der Waals surface area contributed by atoms with Crippen LogP contribution in [0.2, 0.25) is 0 Å². The molecule has 1 aromatic heterocycles. The van der Waals surface area contributed by atoms with E-state index < -0.39 is 11.1 Å². The van der Waals surface area contributed by atoms with Crippen LogP contribution in [-0.2, 0) is 0 Å². The van der Waals surface area contributed by atoms with Gasteiger partial charge in [0, 0.05) is 11.1 Å². The molecule has 0 bridgehead atoms. The van der Waals surface area contributed by atoms with Crippen molar-refractivity contribution in [2.24, 2.45) is 5.16 Å². The number of hydrogen-bond donors (Lipinski definition) is 3. The highest BCUT2D eigenvalue weighted by molar-refractivity contribution is 6.22. The van der Waals surface area contributed by atoms with E-state index in [4.69, 9.17) is 5.21 Å². The lowest BCUT2D eigenvalue weighted by molar-refractivity contribution is 0.319. The first kappa shape index (κ1) is 9.59. The van der Waals surface area contributed by atoms with Crippen LogP contribution in [-0.4, -0.2) is 20.9 Å². The fourth-order valence-corrected chi connectivity index (χ4v) is 1.99. The second-order valence-corrected chi connectivity index (χ2v) is 3.65. The Kier molecular flexibility index (Phi) is 1.79. The molecule has 0 unspecified atom stereocenters. The highest BCUT2D eigenvalue weighted by atomic mass is 16.4. The quantitative estimate of drug-likeness (QED) is 0.293. The Morgan fingerprint density at radius 2 is 1.53 bits per heavy atom. The number of rotatable bonds is 0. The molecule has 3 N–H and O–H groups in total. The van der Waals surface area contributed by atoms with Crippen molar-refractivity contribution in [2.75, 3.05) is 0 Å². The number of oxime groups is 1. The number of aromatic nitrogens is 2. The third kappa shape index (κ3) is 1.17. The number of fused-ring (bicyclic) bond motifs is 3. The van der Waals surface area contributed by atoms with Crippen LogP contribution in [0.1, 0.15) is 11.3 Å².